The molecule has 0 unspecified atom stereocenters. The molecule has 0 aromatic heterocycles. The highest BCUT2D eigenvalue weighted by Crippen LogP contribution is 2.24. The Morgan fingerprint density at radius 3 is 2.39 bits per heavy atom. The molecule has 0 saturated heterocycles. The highest BCUT2D eigenvalue weighted by Gasteiger charge is 2.28. The Morgan fingerprint density at radius 2 is 1.79 bits per heavy atom. The van der Waals surface area contributed by atoms with Crippen molar-refractivity contribution < 1.29 is 14.3 Å². The Bertz CT molecular complexity index is 799. The van der Waals surface area contributed by atoms with Crippen LogP contribution in [-0.4, -0.2) is 35.9 Å². The van der Waals surface area contributed by atoms with Gasteiger partial charge < -0.3 is 15.0 Å². The van der Waals surface area contributed by atoms with Crippen molar-refractivity contribution in [2.75, 3.05) is 13.2 Å². The van der Waals surface area contributed by atoms with Crippen LogP contribution in [0.15, 0.2) is 48.5 Å². The number of nitrogens with one attached hydrogen (secondary N) is 1. The number of nitrogens with zero attached hydrogens (tertiary/aromatic N) is 1. The summed E-state index contributed by atoms with van der Waals surface area (Å²) in [6, 6.07) is 13.6. The normalized spacial score (nSPS) is 11.6. The molecule has 28 heavy (non-hydrogen) atoms. The highest BCUT2D eigenvalue weighted by atomic mass is 35.5. The van der Waals surface area contributed by atoms with Crippen LogP contribution < -0.4 is 10.1 Å². The molecule has 0 radical (unpaired) electrons. The van der Waals surface area contributed by atoms with Crippen LogP contribution in [0.4, 0.5) is 0 Å². The smallest absolute Gasteiger partial charge is 0.261 e. The largest absolute Gasteiger partial charge is 0.484 e. The first-order valence-electron chi connectivity index (χ1n) is 9.15. The van der Waals surface area contributed by atoms with E-state index >= 15 is 0 Å². The topological polar surface area (TPSA) is 58.6 Å². The maximum atomic E-state index is 12.9. The molecule has 0 heterocycles. The van der Waals surface area contributed by atoms with Gasteiger partial charge in [-0.05, 0) is 43.2 Å². The molecule has 1 N–H and O–H groups in total. The summed E-state index contributed by atoms with van der Waals surface area (Å²) in [5.74, 6) is 0.113. The lowest BCUT2D eigenvalue weighted by Crippen LogP contribution is -2.50. The van der Waals surface area contributed by atoms with Gasteiger partial charge in [-0.25, -0.2) is 0 Å². The summed E-state index contributed by atoms with van der Waals surface area (Å²) in [6.07, 6.45) is 0.476. The molecule has 0 aliphatic rings. The van der Waals surface area contributed by atoms with E-state index in [0.29, 0.717) is 28.8 Å². The lowest BCUT2D eigenvalue weighted by molar-refractivity contribution is -0.142. The molecule has 7 heteroatoms. The van der Waals surface area contributed by atoms with Crippen LogP contribution in [0.25, 0.3) is 0 Å². The molecule has 0 saturated carbocycles. The Hall–Kier alpha value is -2.24. The Morgan fingerprint density at radius 1 is 1.07 bits per heavy atom. The number of benzene rings is 2. The van der Waals surface area contributed by atoms with Gasteiger partial charge in [0.05, 0.1) is 10.0 Å². The van der Waals surface area contributed by atoms with Crippen molar-refractivity contribution >= 4 is 35.0 Å². The molecule has 0 aliphatic carbocycles. The first-order chi connectivity index (χ1) is 13.5. The zero-order chi connectivity index (χ0) is 20.5. The van der Waals surface area contributed by atoms with E-state index in [0.717, 1.165) is 5.56 Å². The van der Waals surface area contributed by atoms with E-state index in [1.165, 1.54) is 4.90 Å². The molecule has 0 aliphatic heterocycles. The average Bonchev–Trinajstić information content (AvgIpc) is 2.69. The number of para-hydroxylation sites is 1. The van der Waals surface area contributed by atoms with Crippen LogP contribution in [0.1, 0.15) is 25.8 Å². The quantitative estimate of drug-likeness (QED) is 0.654. The Kier molecular flexibility index (Phi) is 8.61. The first-order valence-corrected chi connectivity index (χ1v) is 9.90. The molecule has 2 amide bonds. The molecular weight excluding hydrogens is 399 g/mol. The van der Waals surface area contributed by atoms with E-state index in [1.54, 1.807) is 30.3 Å². The second-order valence-electron chi connectivity index (χ2n) is 6.19. The third-order valence-electron chi connectivity index (χ3n) is 4.18. The maximum absolute atomic E-state index is 12.9. The Balaban J connectivity index is 2.21. The van der Waals surface area contributed by atoms with Gasteiger partial charge in [0.2, 0.25) is 5.91 Å². The van der Waals surface area contributed by atoms with Gasteiger partial charge in [0, 0.05) is 13.1 Å². The molecule has 2 aromatic rings. The molecular formula is C21H24Cl2N2O3. The van der Waals surface area contributed by atoms with Crippen molar-refractivity contribution in [3.63, 3.8) is 0 Å². The lowest BCUT2D eigenvalue weighted by Gasteiger charge is -2.30. The van der Waals surface area contributed by atoms with Crippen LogP contribution in [0, 0.1) is 0 Å². The SMILES string of the molecule is CCNC(=O)[C@@H](CC)N(Cc1ccc(Cl)c(Cl)c1)C(=O)COc1ccccc1. The standard InChI is InChI=1S/C21H24Cl2N2O3/c1-3-19(21(27)24-4-2)25(13-15-10-11-17(22)18(23)12-15)20(26)14-28-16-8-6-5-7-9-16/h5-12,19H,3-4,13-14H2,1-2H3,(H,24,27)/t19-/m1/s1. The zero-order valence-electron chi connectivity index (χ0n) is 16.0. The van der Waals surface area contributed by atoms with Crippen LogP contribution >= 0.6 is 23.2 Å². The van der Waals surface area contributed by atoms with Crippen LogP contribution in [0.2, 0.25) is 10.0 Å². The van der Waals surface area contributed by atoms with Crippen molar-refractivity contribution in [1.29, 1.82) is 0 Å². The van der Waals surface area contributed by atoms with Crippen LogP contribution in [0.5, 0.6) is 5.75 Å². The molecule has 2 rings (SSSR count). The summed E-state index contributed by atoms with van der Waals surface area (Å²) >= 11 is 12.1. The van der Waals surface area contributed by atoms with Crippen LogP contribution in [-0.2, 0) is 16.1 Å². The molecule has 0 bridgehead atoms. The Labute approximate surface area is 175 Å². The lowest BCUT2D eigenvalue weighted by atomic mass is 10.1. The average molecular weight is 423 g/mol. The van der Waals surface area contributed by atoms with Crippen molar-refractivity contribution in [3.05, 3.63) is 64.1 Å². The third kappa shape index (κ3) is 6.14. The van der Waals surface area contributed by atoms with Crippen molar-refractivity contribution in [2.45, 2.75) is 32.9 Å². The van der Waals surface area contributed by atoms with Gasteiger partial charge in [-0.3, -0.25) is 9.59 Å². The van der Waals surface area contributed by atoms with E-state index in [4.69, 9.17) is 27.9 Å². The van der Waals surface area contributed by atoms with Gasteiger partial charge in [0.1, 0.15) is 11.8 Å². The van der Waals surface area contributed by atoms with Crippen molar-refractivity contribution in [3.8, 4) is 5.75 Å². The number of rotatable bonds is 9. The van der Waals surface area contributed by atoms with Gasteiger partial charge in [-0.15, -0.1) is 0 Å². The summed E-state index contributed by atoms with van der Waals surface area (Å²) in [4.78, 5) is 27.0. The molecule has 0 fully saturated rings. The summed E-state index contributed by atoms with van der Waals surface area (Å²) in [6.45, 7) is 4.26. The number of carbonyl (C=O) groups excluding carboxylic acids is 2. The zero-order valence-corrected chi connectivity index (χ0v) is 17.5. The summed E-state index contributed by atoms with van der Waals surface area (Å²) in [7, 11) is 0. The third-order valence-corrected chi connectivity index (χ3v) is 4.92. The van der Waals surface area contributed by atoms with Crippen molar-refractivity contribution in [2.24, 2.45) is 0 Å². The highest BCUT2D eigenvalue weighted by molar-refractivity contribution is 6.42. The number of likely N-dealkylation sites (N-methyl/N-ethyl adjacent to an activating group) is 1. The van der Waals surface area contributed by atoms with Gasteiger partial charge in [-0.2, -0.15) is 0 Å². The summed E-state index contributed by atoms with van der Waals surface area (Å²) < 4.78 is 5.59. The van der Waals surface area contributed by atoms with E-state index in [9.17, 15) is 9.59 Å². The second-order valence-corrected chi connectivity index (χ2v) is 7.00. The molecule has 150 valence electrons. The van der Waals surface area contributed by atoms with Gasteiger partial charge in [-0.1, -0.05) is 54.4 Å². The fourth-order valence-corrected chi connectivity index (χ4v) is 3.11. The monoisotopic (exact) mass is 422 g/mol. The number of carbonyl (C=O) groups is 2. The maximum Gasteiger partial charge on any atom is 0.261 e. The first kappa shape index (κ1) is 22.1. The predicted molar refractivity (Wildman–Crippen MR) is 112 cm³/mol. The molecule has 0 spiro atoms. The molecule has 1 atom stereocenters. The minimum absolute atomic E-state index is 0.165. The van der Waals surface area contributed by atoms with E-state index in [-0.39, 0.29) is 25.0 Å². The molecule has 2 aromatic carbocycles. The van der Waals surface area contributed by atoms with E-state index in [1.807, 2.05) is 32.0 Å². The van der Waals surface area contributed by atoms with Gasteiger partial charge in [0.25, 0.3) is 5.91 Å². The molecule has 5 nitrogen and oxygen atoms in total. The van der Waals surface area contributed by atoms with E-state index in [2.05, 4.69) is 5.32 Å². The second kappa shape index (κ2) is 10.9. The number of amides is 2. The number of ether oxygens (including phenoxy) is 1. The summed E-state index contributed by atoms with van der Waals surface area (Å²) in [5.41, 5.74) is 0.783. The minimum Gasteiger partial charge on any atom is -0.484 e. The van der Waals surface area contributed by atoms with Gasteiger partial charge in [0.15, 0.2) is 6.61 Å². The number of hydrogen-bond donors (Lipinski definition) is 1. The van der Waals surface area contributed by atoms with Crippen molar-refractivity contribution in [1.82, 2.24) is 10.2 Å². The number of halogens is 2. The number of hydrogen-bond acceptors (Lipinski definition) is 3. The fourth-order valence-electron chi connectivity index (χ4n) is 2.79. The van der Waals surface area contributed by atoms with E-state index < -0.39 is 6.04 Å². The fraction of sp³-hybridized carbons (Fsp3) is 0.333. The summed E-state index contributed by atoms with van der Waals surface area (Å²) in [5, 5.41) is 3.63. The van der Waals surface area contributed by atoms with Crippen LogP contribution in [0.3, 0.4) is 0 Å². The minimum atomic E-state index is -0.610. The van der Waals surface area contributed by atoms with Gasteiger partial charge >= 0.3 is 0 Å². The predicted octanol–water partition coefficient (Wildman–Crippen LogP) is 4.32.